The van der Waals surface area contributed by atoms with Crippen LogP contribution in [0.1, 0.15) is 20.8 Å². The molecule has 0 atom stereocenters. The standard InChI is InChI=1S/C14H14N2O4S/c17-14(18)13-10(3-1-5-12(13)16(19)20)9-15-7-6-11-4-2-8-21-11/h1-5,8,15H,6-7,9H2,(H,17,18). The number of aromatic carboxylic acids is 1. The number of carbonyl (C=O) groups is 1. The van der Waals surface area contributed by atoms with Crippen molar-refractivity contribution in [2.45, 2.75) is 13.0 Å². The molecule has 2 N–H and O–H groups in total. The molecule has 0 aliphatic carbocycles. The van der Waals surface area contributed by atoms with Gasteiger partial charge in [-0.25, -0.2) is 4.79 Å². The summed E-state index contributed by atoms with van der Waals surface area (Å²) in [6.45, 7) is 0.969. The molecule has 0 spiro atoms. The summed E-state index contributed by atoms with van der Waals surface area (Å²) in [7, 11) is 0. The van der Waals surface area contributed by atoms with Crippen LogP contribution in [-0.4, -0.2) is 22.5 Å². The minimum Gasteiger partial charge on any atom is -0.477 e. The van der Waals surface area contributed by atoms with Crippen molar-refractivity contribution in [3.05, 3.63) is 61.8 Å². The molecule has 6 nitrogen and oxygen atoms in total. The van der Waals surface area contributed by atoms with Gasteiger partial charge in [-0.2, -0.15) is 0 Å². The highest BCUT2D eigenvalue weighted by atomic mass is 32.1. The van der Waals surface area contributed by atoms with E-state index in [9.17, 15) is 20.0 Å². The smallest absolute Gasteiger partial charge is 0.343 e. The molecule has 1 heterocycles. The molecule has 2 rings (SSSR count). The van der Waals surface area contributed by atoms with Crippen LogP contribution in [0.15, 0.2) is 35.7 Å². The minimum absolute atomic E-state index is 0.244. The molecule has 110 valence electrons. The van der Waals surface area contributed by atoms with Crippen LogP contribution in [0.3, 0.4) is 0 Å². The number of nitrogens with one attached hydrogen (secondary N) is 1. The Morgan fingerprint density at radius 3 is 2.76 bits per heavy atom. The third-order valence-corrected chi connectivity index (χ3v) is 3.92. The van der Waals surface area contributed by atoms with Crippen molar-refractivity contribution in [3.8, 4) is 0 Å². The van der Waals surface area contributed by atoms with Crippen molar-refractivity contribution in [1.82, 2.24) is 5.32 Å². The highest BCUT2D eigenvalue weighted by molar-refractivity contribution is 7.09. The molecule has 7 heteroatoms. The maximum Gasteiger partial charge on any atom is 0.343 e. The Morgan fingerprint density at radius 2 is 2.14 bits per heavy atom. The van der Waals surface area contributed by atoms with Crippen LogP contribution < -0.4 is 5.32 Å². The summed E-state index contributed by atoms with van der Waals surface area (Å²) in [5.74, 6) is -1.28. The average molecular weight is 306 g/mol. The Labute approximate surface area is 125 Å². The monoisotopic (exact) mass is 306 g/mol. The largest absolute Gasteiger partial charge is 0.477 e. The molecule has 1 aromatic heterocycles. The molecular formula is C14H14N2O4S. The first-order chi connectivity index (χ1) is 10.1. The molecule has 21 heavy (non-hydrogen) atoms. The highest BCUT2D eigenvalue weighted by Crippen LogP contribution is 2.22. The Morgan fingerprint density at radius 1 is 1.33 bits per heavy atom. The van der Waals surface area contributed by atoms with E-state index in [-0.39, 0.29) is 17.8 Å². The summed E-state index contributed by atoms with van der Waals surface area (Å²) in [6, 6.07) is 8.31. The number of nitrogens with zero attached hydrogens (tertiary/aromatic N) is 1. The molecule has 0 aliphatic heterocycles. The molecule has 0 amide bonds. The van der Waals surface area contributed by atoms with Gasteiger partial charge in [0.1, 0.15) is 5.56 Å². The van der Waals surface area contributed by atoms with Crippen LogP contribution in [0.4, 0.5) is 5.69 Å². The average Bonchev–Trinajstić information content (AvgIpc) is 2.96. The molecule has 0 unspecified atom stereocenters. The zero-order valence-corrected chi connectivity index (χ0v) is 11.9. The molecule has 0 radical (unpaired) electrons. The normalized spacial score (nSPS) is 10.5. The number of carboxylic acids is 1. The summed E-state index contributed by atoms with van der Waals surface area (Å²) in [5, 5.41) is 25.2. The van der Waals surface area contributed by atoms with Gasteiger partial charge < -0.3 is 10.4 Å². The van der Waals surface area contributed by atoms with Crippen molar-refractivity contribution in [3.63, 3.8) is 0 Å². The maximum absolute atomic E-state index is 11.2. The van der Waals surface area contributed by atoms with Crippen LogP contribution >= 0.6 is 11.3 Å². The predicted molar refractivity (Wildman–Crippen MR) is 79.8 cm³/mol. The van der Waals surface area contributed by atoms with Crippen LogP contribution in [0.25, 0.3) is 0 Å². The van der Waals surface area contributed by atoms with E-state index in [0.717, 1.165) is 6.42 Å². The van der Waals surface area contributed by atoms with Gasteiger partial charge in [-0.05, 0) is 23.4 Å². The van der Waals surface area contributed by atoms with E-state index in [1.54, 1.807) is 17.4 Å². The molecule has 1 aromatic carbocycles. The number of benzene rings is 1. The zero-order valence-electron chi connectivity index (χ0n) is 11.1. The third kappa shape index (κ3) is 3.87. The second-order valence-corrected chi connectivity index (χ2v) is 5.41. The van der Waals surface area contributed by atoms with Crippen LogP contribution in [-0.2, 0) is 13.0 Å². The molecule has 0 fully saturated rings. The van der Waals surface area contributed by atoms with Crippen LogP contribution in [0.5, 0.6) is 0 Å². The number of nitro groups is 1. The number of hydrogen-bond acceptors (Lipinski definition) is 5. The van der Waals surface area contributed by atoms with E-state index >= 15 is 0 Å². The maximum atomic E-state index is 11.2. The molecule has 0 bridgehead atoms. The SMILES string of the molecule is O=C(O)c1c(CNCCc2cccs2)cccc1[N+](=O)[O-]. The van der Waals surface area contributed by atoms with E-state index in [4.69, 9.17) is 0 Å². The summed E-state index contributed by atoms with van der Waals surface area (Å²) in [4.78, 5) is 22.7. The number of rotatable bonds is 7. The van der Waals surface area contributed by atoms with E-state index in [1.807, 2.05) is 17.5 Å². The first-order valence-electron chi connectivity index (χ1n) is 6.32. The Balaban J connectivity index is 2.04. The Bertz CT molecular complexity index is 640. The van der Waals surface area contributed by atoms with Crippen LogP contribution in [0, 0.1) is 10.1 Å². The minimum atomic E-state index is -1.28. The molecule has 0 saturated carbocycles. The molecular weight excluding hydrogens is 292 g/mol. The van der Waals surface area contributed by atoms with Crippen molar-refractivity contribution < 1.29 is 14.8 Å². The lowest BCUT2D eigenvalue weighted by Crippen LogP contribution is -2.19. The Hall–Kier alpha value is -2.25. The number of thiophene rings is 1. The van der Waals surface area contributed by atoms with Gasteiger partial charge >= 0.3 is 5.97 Å². The Kier molecular flexibility index (Phi) is 5.02. The second-order valence-electron chi connectivity index (χ2n) is 4.38. The number of hydrogen-bond donors (Lipinski definition) is 2. The van der Waals surface area contributed by atoms with Gasteiger partial charge in [0.05, 0.1) is 4.92 Å². The van der Waals surface area contributed by atoms with Gasteiger partial charge in [-0.3, -0.25) is 10.1 Å². The van der Waals surface area contributed by atoms with Gasteiger partial charge in [-0.15, -0.1) is 11.3 Å². The fraction of sp³-hybridized carbons (Fsp3) is 0.214. The third-order valence-electron chi connectivity index (χ3n) is 2.98. The fourth-order valence-electron chi connectivity index (χ4n) is 2.02. The fourth-order valence-corrected chi connectivity index (χ4v) is 2.73. The molecule has 0 aliphatic rings. The predicted octanol–water partition coefficient (Wildman–Crippen LogP) is 2.69. The van der Waals surface area contributed by atoms with Gasteiger partial charge in [0.2, 0.25) is 0 Å². The van der Waals surface area contributed by atoms with Crippen molar-refractivity contribution in [1.29, 1.82) is 0 Å². The van der Waals surface area contributed by atoms with Gasteiger partial charge in [0, 0.05) is 24.0 Å². The lowest BCUT2D eigenvalue weighted by molar-refractivity contribution is -0.385. The van der Waals surface area contributed by atoms with Crippen molar-refractivity contribution in [2.75, 3.05) is 6.54 Å². The first kappa shape index (κ1) is 15.1. The topological polar surface area (TPSA) is 92.5 Å². The summed E-state index contributed by atoms with van der Waals surface area (Å²) >= 11 is 1.66. The summed E-state index contributed by atoms with van der Waals surface area (Å²) < 4.78 is 0. The first-order valence-corrected chi connectivity index (χ1v) is 7.20. The molecule has 2 aromatic rings. The zero-order chi connectivity index (χ0) is 15.2. The van der Waals surface area contributed by atoms with Gasteiger partial charge in [0.25, 0.3) is 5.69 Å². The lowest BCUT2D eigenvalue weighted by Gasteiger charge is -2.08. The molecule has 0 saturated heterocycles. The van der Waals surface area contributed by atoms with Gasteiger partial charge in [-0.1, -0.05) is 18.2 Å². The second kappa shape index (κ2) is 6.96. The summed E-state index contributed by atoms with van der Waals surface area (Å²) in [6.07, 6.45) is 0.842. The number of carboxylic acid groups (broad SMARTS) is 1. The van der Waals surface area contributed by atoms with E-state index in [0.29, 0.717) is 12.1 Å². The lowest BCUT2D eigenvalue weighted by atomic mass is 10.1. The van der Waals surface area contributed by atoms with E-state index < -0.39 is 10.9 Å². The van der Waals surface area contributed by atoms with Crippen LogP contribution in [0.2, 0.25) is 0 Å². The van der Waals surface area contributed by atoms with Gasteiger partial charge in [0.15, 0.2) is 0 Å². The summed E-state index contributed by atoms with van der Waals surface area (Å²) in [5.41, 5.74) is -0.200. The van der Waals surface area contributed by atoms with E-state index in [1.165, 1.54) is 17.0 Å². The van der Waals surface area contributed by atoms with Crippen molar-refractivity contribution >= 4 is 23.0 Å². The van der Waals surface area contributed by atoms with Crippen molar-refractivity contribution in [2.24, 2.45) is 0 Å². The number of nitro benzene ring substituents is 1. The highest BCUT2D eigenvalue weighted by Gasteiger charge is 2.22. The quantitative estimate of drug-likeness (QED) is 0.466. The van der Waals surface area contributed by atoms with E-state index in [2.05, 4.69) is 5.32 Å².